The number of aryl methyl sites for hydroxylation is 1. The number of hydrogen-bond acceptors (Lipinski definition) is 6. The van der Waals surface area contributed by atoms with Crippen LogP contribution in [-0.2, 0) is 0 Å². The third-order valence-electron chi connectivity index (χ3n) is 3.19. The molecule has 1 fully saturated rings. The molecule has 0 spiro atoms. The highest BCUT2D eigenvalue weighted by Gasteiger charge is 2.38. The molecule has 0 aromatic carbocycles. The van der Waals surface area contributed by atoms with E-state index in [0.29, 0.717) is 17.7 Å². The molecule has 2 heterocycles. The lowest BCUT2D eigenvalue weighted by Gasteiger charge is -1.96. The summed E-state index contributed by atoms with van der Waals surface area (Å²) in [5.41, 5.74) is 1.86. The number of hydrogen-bond donors (Lipinski definition) is 1. The quantitative estimate of drug-likeness (QED) is 0.907. The van der Waals surface area contributed by atoms with Gasteiger partial charge in [0.05, 0.1) is 11.3 Å². The van der Waals surface area contributed by atoms with E-state index in [2.05, 4.69) is 26.8 Å². The van der Waals surface area contributed by atoms with Crippen LogP contribution >= 0.6 is 11.5 Å². The Balaban J connectivity index is 1.97. The average molecular weight is 250 g/mol. The second kappa shape index (κ2) is 3.80. The summed E-state index contributed by atoms with van der Waals surface area (Å²) >= 11 is 1.42. The molecule has 2 atom stereocenters. The van der Waals surface area contributed by atoms with Gasteiger partial charge in [-0.3, -0.25) is 0 Å². The van der Waals surface area contributed by atoms with Gasteiger partial charge in [0.2, 0.25) is 0 Å². The van der Waals surface area contributed by atoms with E-state index in [-0.39, 0.29) is 0 Å². The molecule has 0 amide bonds. The lowest BCUT2D eigenvalue weighted by Crippen LogP contribution is -1.89. The number of anilines is 1. The fourth-order valence-electron chi connectivity index (χ4n) is 1.96. The maximum atomic E-state index is 5.35. The molecule has 90 valence electrons. The Bertz CT molecular complexity index is 547. The smallest absolute Gasteiger partial charge is 0.262 e. The highest BCUT2D eigenvalue weighted by atomic mass is 32.1. The van der Waals surface area contributed by atoms with E-state index < -0.39 is 0 Å². The molecular weight excluding hydrogens is 236 g/mol. The van der Waals surface area contributed by atoms with Gasteiger partial charge in [-0.25, -0.2) is 0 Å². The van der Waals surface area contributed by atoms with E-state index in [0.717, 1.165) is 22.1 Å². The van der Waals surface area contributed by atoms with E-state index in [4.69, 9.17) is 4.52 Å². The number of rotatable bonds is 3. The molecule has 1 N–H and O–H groups in total. The van der Waals surface area contributed by atoms with Crippen LogP contribution in [0.2, 0.25) is 0 Å². The van der Waals surface area contributed by atoms with Crippen molar-refractivity contribution in [2.24, 2.45) is 5.92 Å². The fraction of sp³-hybridized carbons (Fsp3) is 0.545. The van der Waals surface area contributed by atoms with Crippen LogP contribution in [0.15, 0.2) is 4.52 Å². The summed E-state index contributed by atoms with van der Waals surface area (Å²) in [6, 6.07) is 0. The van der Waals surface area contributed by atoms with Crippen LogP contribution in [0.1, 0.15) is 30.8 Å². The fourth-order valence-corrected chi connectivity index (χ4v) is 2.70. The Hall–Kier alpha value is -1.43. The monoisotopic (exact) mass is 250 g/mol. The summed E-state index contributed by atoms with van der Waals surface area (Å²) in [4.78, 5) is 4.48. The second-order valence-corrected chi connectivity index (χ2v) is 5.27. The minimum atomic E-state index is 0.484. The molecule has 0 bridgehead atoms. The predicted molar refractivity (Wildman–Crippen MR) is 66.2 cm³/mol. The van der Waals surface area contributed by atoms with Crippen LogP contribution in [0.25, 0.3) is 11.5 Å². The SMILES string of the molecule is CNc1snc(C)c1-c1nc(C2CC2C)no1. The molecule has 5 nitrogen and oxygen atoms in total. The summed E-state index contributed by atoms with van der Waals surface area (Å²) < 4.78 is 9.65. The van der Waals surface area contributed by atoms with Crippen molar-refractivity contribution < 1.29 is 4.52 Å². The molecular formula is C11H14N4OS. The largest absolute Gasteiger partial charge is 0.378 e. The summed E-state index contributed by atoms with van der Waals surface area (Å²) in [6.07, 6.45) is 1.17. The standard InChI is InChI=1S/C11H14N4OS/c1-5-4-7(5)9-13-10(16-14-9)8-6(2)15-17-11(8)12-3/h5,7,12H,4H2,1-3H3. The van der Waals surface area contributed by atoms with E-state index in [9.17, 15) is 0 Å². The van der Waals surface area contributed by atoms with E-state index >= 15 is 0 Å². The van der Waals surface area contributed by atoms with Crippen molar-refractivity contribution in [2.75, 3.05) is 12.4 Å². The highest BCUT2D eigenvalue weighted by Crippen LogP contribution is 2.46. The lowest BCUT2D eigenvalue weighted by atomic mass is 10.2. The first-order valence-electron chi connectivity index (χ1n) is 5.68. The molecule has 2 aromatic heterocycles. The second-order valence-electron chi connectivity index (χ2n) is 4.50. The molecule has 17 heavy (non-hydrogen) atoms. The van der Waals surface area contributed by atoms with Crippen molar-refractivity contribution in [2.45, 2.75) is 26.2 Å². The van der Waals surface area contributed by atoms with Gasteiger partial charge in [0.25, 0.3) is 5.89 Å². The van der Waals surface area contributed by atoms with Crippen molar-refractivity contribution in [1.82, 2.24) is 14.5 Å². The minimum Gasteiger partial charge on any atom is -0.378 e. The zero-order valence-electron chi connectivity index (χ0n) is 10.0. The maximum absolute atomic E-state index is 5.35. The summed E-state index contributed by atoms with van der Waals surface area (Å²) in [5, 5.41) is 8.14. The zero-order valence-corrected chi connectivity index (χ0v) is 10.8. The molecule has 1 saturated carbocycles. The van der Waals surface area contributed by atoms with Crippen LogP contribution in [0.4, 0.5) is 5.00 Å². The summed E-state index contributed by atoms with van der Waals surface area (Å²) in [7, 11) is 1.87. The first-order chi connectivity index (χ1) is 8.20. The van der Waals surface area contributed by atoms with Crippen LogP contribution < -0.4 is 5.32 Å². The molecule has 1 aliphatic rings. The lowest BCUT2D eigenvalue weighted by molar-refractivity contribution is 0.422. The molecule has 1 aliphatic carbocycles. The Morgan fingerprint density at radius 2 is 2.24 bits per heavy atom. The van der Waals surface area contributed by atoms with Crippen molar-refractivity contribution in [3.63, 3.8) is 0 Å². The van der Waals surface area contributed by atoms with Gasteiger partial charge in [-0.1, -0.05) is 12.1 Å². The zero-order chi connectivity index (χ0) is 12.0. The minimum absolute atomic E-state index is 0.484. The Kier molecular flexibility index (Phi) is 2.39. The Labute approximate surface area is 103 Å². The topological polar surface area (TPSA) is 63.8 Å². The van der Waals surface area contributed by atoms with Gasteiger partial charge in [0.15, 0.2) is 5.82 Å². The van der Waals surface area contributed by atoms with Crippen molar-refractivity contribution in [3.05, 3.63) is 11.5 Å². The van der Waals surface area contributed by atoms with Gasteiger partial charge < -0.3 is 9.84 Å². The number of aromatic nitrogens is 3. The molecule has 0 saturated heterocycles. The highest BCUT2D eigenvalue weighted by molar-refractivity contribution is 7.10. The maximum Gasteiger partial charge on any atom is 0.262 e. The first-order valence-corrected chi connectivity index (χ1v) is 6.46. The van der Waals surface area contributed by atoms with Crippen LogP contribution in [0.5, 0.6) is 0 Å². The summed E-state index contributed by atoms with van der Waals surface area (Å²) in [6.45, 7) is 4.16. The predicted octanol–water partition coefficient (Wildman–Crippen LogP) is 2.67. The van der Waals surface area contributed by atoms with Gasteiger partial charge in [-0.15, -0.1) is 0 Å². The van der Waals surface area contributed by atoms with Gasteiger partial charge in [0.1, 0.15) is 5.00 Å². The van der Waals surface area contributed by atoms with Gasteiger partial charge in [0, 0.05) is 13.0 Å². The van der Waals surface area contributed by atoms with Crippen LogP contribution in [-0.4, -0.2) is 21.6 Å². The summed E-state index contributed by atoms with van der Waals surface area (Å²) in [5.74, 6) is 2.58. The van der Waals surface area contributed by atoms with E-state index in [1.807, 2.05) is 14.0 Å². The van der Waals surface area contributed by atoms with Crippen molar-refractivity contribution in [3.8, 4) is 11.5 Å². The van der Waals surface area contributed by atoms with E-state index in [1.54, 1.807) is 0 Å². The van der Waals surface area contributed by atoms with Gasteiger partial charge in [-0.2, -0.15) is 9.36 Å². The van der Waals surface area contributed by atoms with Crippen LogP contribution in [0, 0.1) is 12.8 Å². The third-order valence-corrected chi connectivity index (χ3v) is 4.14. The average Bonchev–Trinajstić information content (AvgIpc) is 2.77. The number of nitrogens with zero attached hydrogens (tertiary/aromatic N) is 3. The molecule has 2 aromatic rings. The Morgan fingerprint density at radius 3 is 2.88 bits per heavy atom. The molecule has 6 heteroatoms. The molecule has 2 unspecified atom stereocenters. The number of nitrogens with one attached hydrogen (secondary N) is 1. The van der Waals surface area contributed by atoms with Crippen molar-refractivity contribution >= 4 is 16.5 Å². The van der Waals surface area contributed by atoms with Crippen molar-refractivity contribution in [1.29, 1.82) is 0 Å². The first kappa shape index (κ1) is 10.7. The molecule has 0 radical (unpaired) electrons. The van der Waals surface area contributed by atoms with Gasteiger partial charge >= 0.3 is 0 Å². The van der Waals surface area contributed by atoms with E-state index in [1.165, 1.54) is 18.0 Å². The normalized spacial score (nSPS) is 22.8. The third kappa shape index (κ3) is 1.72. The van der Waals surface area contributed by atoms with Crippen LogP contribution in [0.3, 0.4) is 0 Å². The molecule has 3 rings (SSSR count). The molecule has 0 aliphatic heterocycles. The Morgan fingerprint density at radius 1 is 1.47 bits per heavy atom. The van der Waals surface area contributed by atoms with Gasteiger partial charge in [-0.05, 0) is 30.8 Å².